The Kier molecular flexibility index (Phi) is 4.98. The molecule has 7 nitrogen and oxygen atoms in total. The fraction of sp³-hybridized carbons (Fsp3) is 0.190. The van der Waals surface area contributed by atoms with Gasteiger partial charge < -0.3 is 15.4 Å². The smallest absolute Gasteiger partial charge is 0.414 e. The van der Waals surface area contributed by atoms with Gasteiger partial charge in [-0.2, -0.15) is 0 Å². The van der Waals surface area contributed by atoms with E-state index in [9.17, 15) is 14.4 Å². The molecule has 2 aliphatic rings. The van der Waals surface area contributed by atoms with Crippen LogP contribution in [0.2, 0.25) is 5.02 Å². The molecular formula is C21H18ClN3O4. The Labute approximate surface area is 172 Å². The zero-order valence-corrected chi connectivity index (χ0v) is 16.3. The Morgan fingerprint density at radius 3 is 2.76 bits per heavy atom. The lowest BCUT2D eigenvalue weighted by Crippen LogP contribution is -2.33. The van der Waals surface area contributed by atoms with Gasteiger partial charge in [-0.25, -0.2) is 4.79 Å². The van der Waals surface area contributed by atoms with E-state index >= 15 is 0 Å². The second kappa shape index (κ2) is 7.60. The lowest BCUT2D eigenvalue weighted by atomic mass is 10.0. The summed E-state index contributed by atoms with van der Waals surface area (Å²) in [5.74, 6) is -0.356. The number of fused-ring (bicyclic) bond motifs is 1. The first-order valence-corrected chi connectivity index (χ1v) is 9.44. The number of nitrogens with one attached hydrogen (secondary N) is 2. The van der Waals surface area contributed by atoms with E-state index in [0.717, 1.165) is 16.8 Å². The first-order valence-electron chi connectivity index (χ1n) is 9.06. The minimum absolute atomic E-state index is 0.171. The van der Waals surface area contributed by atoms with Crippen LogP contribution in [0.15, 0.2) is 42.5 Å². The highest BCUT2D eigenvalue weighted by Gasteiger charge is 2.32. The topological polar surface area (TPSA) is 87.7 Å². The number of hydrogen-bond donors (Lipinski definition) is 2. The van der Waals surface area contributed by atoms with E-state index in [0.29, 0.717) is 22.8 Å². The van der Waals surface area contributed by atoms with Crippen LogP contribution in [0.4, 0.5) is 16.2 Å². The van der Waals surface area contributed by atoms with Crippen molar-refractivity contribution in [3.05, 3.63) is 58.6 Å². The summed E-state index contributed by atoms with van der Waals surface area (Å²) >= 11 is 6.06. The molecule has 0 aliphatic carbocycles. The van der Waals surface area contributed by atoms with Crippen LogP contribution < -0.4 is 15.5 Å². The van der Waals surface area contributed by atoms with Gasteiger partial charge in [-0.1, -0.05) is 23.7 Å². The molecule has 0 unspecified atom stereocenters. The lowest BCUT2D eigenvalue weighted by Gasteiger charge is -2.13. The summed E-state index contributed by atoms with van der Waals surface area (Å²) in [5, 5.41) is 6.02. The molecule has 1 saturated heterocycles. The molecule has 1 fully saturated rings. The Balaban J connectivity index is 1.51. The number of anilines is 2. The molecule has 2 aliphatic heterocycles. The van der Waals surface area contributed by atoms with Crippen LogP contribution in [0.1, 0.15) is 18.1 Å². The molecule has 3 amide bonds. The number of benzene rings is 2. The molecule has 0 bridgehead atoms. The molecule has 148 valence electrons. The molecule has 1 atom stereocenters. The van der Waals surface area contributed by atoms with Crippen LogP contribution in [-0.4, -0.2) is 37.1 Å². The molecule has 2 N–H and O–H groups in total. The van der Waals surface area contributed by atoms with Gasteiger partial charge in [0.15, 0.2) is 0 Å². The minimum atomic E-state index is -0.454. The van der Waals surface area contributed by atoms with Gasteiger partial charge in [0.1, 0.15) is 6.10 Å². The molecule has 4 rings (SSSR count). The van der Waals surface area contributed by atoms with E-state index in [2.05, 4.69) is 10.6 Å². The van der Waals surface area contributed by atoms with Crippen LogP contribution in [0.25, 0.3) is 11.6 Å². The summed E-state index contributed by atoms with van der Waals surface area (Å²) < 4.78 is 5.28. The van der Waals surface area contributed by atoms with Gasteiger partial charge in [0, 0.05) is 34.5 Å². The summed E-state index contributed by atoms with van der Waals surface area (Å²) in [6.45, 7) is 2.05. The summed E-state index contributed by atoms with van der Waals surface area (Å²) in [6.07, 6.45) is 0.935. The highest BCUT2D eigenvalue weighted by molar-refractivity contribution is 6.36. The van der Waals surface area contributed by atoms with E-state index in [1.807, 2.05) is 12.1 Å². The fourth-order valence-electron chi connectivity index (χ4n) is 3.32. The maximum absolute atomic E-state index is 12.3. The van der Waals surface area contributed by atoms with Crippen molar-refractivity contribution < 1.29 is 19.1 Å². The zero-order valence-electron chi connectivity index (χ0n) is 15.6. The zero-order chi connectivity index (χ0) is 20.5. The average Bonchev–Trinajstić information content (AvgIpc) is 3.20. The van der Waals surface area contributed by atoms with Crippen molar-refractivity contribution in [2.45, 2.75) is 13.0 Å². The number of hydrogen-bond acceptors (Lipinski definition) is 4. The van der Waals surface area contributed by atoms with E-state index < -0.39 is 12.2 Å². The van der Waals surface area contributed by atoms with Crippen LogP contribution in [0, 0.1) is 0 Å². The van der Waals surface area contributed by atoms with Crippen LogP contribution >= 0.6 is 11.6 Å². The lowest BCUT2D eigenvalue weighted by molar-refractivity contribution is -0.119. The van der Waals surface area contributed by atoms with E-state index in [-0.39, 0.29) is 18.4 Å². The summed E-state index contributed by atoms with van der Waals surface area (Å²) in [5.41, 5.74) is 3.52. The van der Waals surface area contributed by atoms with Crippen molar-refractivity contribution in [3.63, 3.8) is 0 Å². The third-order valence-electron chi connectivity index (χ3n) is 4.73. The van der Waals surface area contributed by atoms with Crippen molar-refractivity contribution in [1.82, 2.24) is 5.32 Å². The largest absolute Gasteiger partial charge is 0.442 e. The summed E-state index contributed by atoms with van der Waals surface area (Å²) in [7, 11) is 0. The number of amides is 3. The number of nitrogens with zero attached hydrogens (tertiary/aromatic N) is 1. The average molecular weight is 412 g/mol. The molecule has 8 heteroatoms. The molecule has 0 aromatic heterocycles. The number of cyclic esters (lactones) is 1. The van der Waals surface area contributed by atoms with Crippen molar-refractivity contribution in [3.8, 4) is 0 Å². The van der Waals surface area contributed by atoms with Gasteiger partial charge in [-0.3, -0.25) is 14.5 Å². The number of halogens is 1. The predicted octanol–water partition coefficient (Wildman–Crippen LogP) is 3.29. The molecule has 0 radical (unpaired) electrons. The Hall–Kier alpha value is -3.32. The second-order valence-electron chi connectivity index (χ2n) is 6.85. The predicted molar refractivity (Wildman–Crippen MR) is 111 cm³/mol. The normalized spacial score (nSPS) is 19.2. The van der Waals surface area contributed by atoms with Gasteiger partial charge in [-0.05, 0) is 42.0 Å². The maximum Gasteiger partial charge on any atom is 0.414 e. The van der Waals surface area contributed by atoms with E-state index in [1.165, 1.54) is 11.8 Å². The molecular weight excluding hydrogens is 394 g/mol. The standard InChI is InChI=1S/C21H18ClN3O4/c1-12(26)23-10-16-11-25(21(28)29-16)15-5-2-13(3-6-15)8-18-17-9-14(22)4-7-19(17)24-20(18)27/h2-9,16H,10-11H2,1H3,(H,23,26)(H,24,27)/b18-8+/t16-/m0/s1. The van der Waals surface area contributed by atoms with E-state index in [4.69, 9.17) is 16.3 Å². The Bertz CT molecular complexity index is 1030. The van der Waals surface area contributed by atoms with Crippen LogP contribution in [-0.2, 0) is 14.3 Å². The van der Waals surface area contributed by atoms with Crippen LogP contribution in [0.5, 0.6) is 0 Å². The number of carbonyl (C=O) groups excluding carboxylic acids is 3. The molecule has 0 saturated carbocycles. The third kappa shape index (κ3) is 3.95. The third-order valence-corrected chi connectivity index (χ3v) is 4.97. The first-order chi connectivity index (χ1) is 13.9. The van der Waals surface area contributed by atoms with Gasteiger partial charge in [0.05, 0.1) is 13.1 Å². The van der Waals surface area contributed by atoms with Crippen molar-refractivity contribution in [2.24, 2.45) is 0 Å². The van der Waals surface area contributed by atoms with Crippen molar-refractivity contribution in [1.29, 1.82) is 0 Å². The molecule has 2 heterocycles. The minimum Gasteiger partial charge on any atom is -0.442 e. The van der Waals surface area contributed by atoms with Gasteiger partial charge in [0.2, 0.25) is 5.91 Å². The first kappa shape index (κ1) is 19.0. The Morgan fingerprint density at radius 2 is 2.03 bits per heavy atom. The van der Waals surface area contributed by atoms with Gasteiger partial charge >= 0.3 is 6.09 Å². The van der Waals surface area contributed by atoms with E-state index in [1.54, 1.807) is 36.4 Å². The molecule has 2 aromatic rings. The number of ether oxygens (including phenoxy) is 1. The highest BCUT2D eigenvalue weighted by atomic mass is 35.5. The monoisotopic (exact) mass is 411 g/mol. The second-order valence-corrected chi connectivity index (χ2v) is 7.28. The summed E-state index contributed by atoms with van der Waals surface area (Å²) in [6, 6.07) is 12.5. The summed E-state index contributed by atoms with van der Waals surface area (Å²) in [4.78, 5) is 36.9. The fourth-order valence-corrected chi connectivity index (χ4v) is 3.49. The molecule has 0 spiro atoms. The quantitative estimate of drug-likeness (QED) is 0.756. The molecule has 29 heavy (non-hydrogen) atoms. The van der Waals surface area contributed by atoms with Crippen molar-refractivity contribution >= 4 is 52.5 Å². The Morgan fingerprint density at radius 1 is 1.28 bits per heavy atom. The SMILES string of the molecule is CC(=O)NC[C@H]1CN(c2ccc(/C=C3/C(=O)Nc4ccc(Cl)cc43)cc2)C(=O)O1. The van der Waals surface area contributed by atoms with Gasteiger partial charge in [0.25, 0.3) is 5.91 Å². The van der Waals surface area contributed by atoms with Crippen LogP contribution in [0.3, 0.4) is 0 Å². The van der Waals surface area contributed by atoms with Gasteiger partial charge in [-0.15, -0.1) is 0 Å². The number of carbonyl (C=O) groups is 3. The van der Waals surface area contributed by atoms with Crippen molar-refractivity contribution in [2.75, 3.05) is 23.3 Å². The number of rotatable bonds is 4. The maximum atomic E-state index is 12.3. The highest BCUT2D eigenvalue weighted by Crippen LogP contribution is 2.35. The molecule has 2 aromatic carbocycles.